The van der Waals surface area contributed by atoms with Crippen LogP contribution in [0.1, 0.15) is 130 Å². The van der Waals surface area contributed by atoms with Crippen molar-refractivity contribution in [3.8, 4) is 0 Å². The van der Waals surface area contributed by atoms with Gasteiger partial charge in [0.15, 0.2) is 0 Å². The maximum Gasteiger partial charge on any atom is 0.326 e. The van der Waals surface area contributed by atoms with Crippen LogP contribution in [-0.4, -0.2) is 40.9 Å². The monoisotopic (exact) mass is 497 g/mol. The van der Waals surface area contributed by atoms with E-state index < -0.39 is 36.3 Å². The van der Waals surface area contributed by atoms with Gasteiger partial charge in [-0.2, -0.15) is 0 Å². The van der Waals surface area contributed by atoms with Crippen LogP contribution in [-0.2, 0) is 19.2 Å². The quantitative estimate of drug-likeness (QED) is 0.150. The number of primary amides is 1. The Kier molecular flexibility index (Phi) is 19.9. The van der Waals surface area contributed by atoms with E-state index in [4.69, 9.17) is 10.8 Å². The van der Waals surface area contributed by atoms with Gasteiger partial charge in [0.1, 0.15) is 12.1 Å². The maximum absolute atomic E-state index is 12.5. The van der Waals surface area contributed by atoms with Crippen molar-refractivity contribution < 1.29 is 24.3 Å². The number of amides is 3. The van der Waals surface area contributed by atoms with Crippen LogP contribution in [0.4, 0.5) is 0 Å². The van der Waals surface area contributed by atoms with E-state index in [-0.39, 0.29) is 11.8 Å². The molecular formula is C27H51N3O5. The van der Waals surface area contributed by atoms with Crippen molar-refractivity contribution in [3.05, 3.63) is 0 Å². The number of nitrogens with two attached hydrogens (primary N) is 1. The van der Waals surface area contributed by atoms with Gasteiger partial charge in [-0.25, -0.2) is 4.79 Å². The fourth-order valence-corrected chi connectivity index (χ4v) is 4.10. The van der Waals surface area contributed by atoms with Gasteiger partial charge in [-0.15, -0.1) is 0 Å². The van der Waals surface area contributed by atoms with E-state index in [9.17, 15) is 19.2 Å². The summed E-state index contributed by atoms with van der Waals surface area (Å²) in [4.78, 5) is 47.1. The van der Waals surface area contributed by atoms with Gasteiger partial charge in [0.25, 0.3) is 0 Å². The Bertz CT molecular complexity index is 610. The van der Waals surface area contributed by atoms with Gasteiger partial charge in [0.2, 0.25) is 17.7 Å². The van der Waals surface area contributed by atoms with Crippen molar-refractivity contribution in [1.82, 2.24) is 10.6 Å². The second kappa shape index (κ2) is 21.2. The molecule has 0 aliphatic rings. The average Bonchev–Trinajstić information content (AvgIpc) is 2.78. The first-order valence-electron chi connectivity index (χ1n) is 13.8. The highest BCUT2D eigenvalue weighted by Gasteiger charge is 2.29. The Morgan fingerprint density at radius 2 is 1.14 bits per heavy atom. The molecule has 3 amide bonds. The summed E-state index contributed by atoms with van der Waals surface area (Å²) < 4.78 is 0. The van der Waals surface area contributed by atoms with E-state index in [1.807, 2.05) is 0 Å². The van der Waals surface area contributed by atoms with Crippen LogP contribution in [0, 0.1) is 5.92 Å². The van der Waals surface area contributed by atoms with Gasteiger partial charge >= 0.3 is 5.97 Å². The average molecular weight is 498 g/mol. The Labute approximate surface area is 212 Å². The van der Waals surface area contributed by atoms with Crippen LogP contribution in [0.3, 0.4) is 0 Å². The molecule has 0 heterocycles. The first-order chi connectivity index (χ1) is 16.7. The zero-order valence-electron chi connectivity index (χ0n) is 22.4. The number of carboxylic acids is 1. The number of rotatable bonds is 23. The number of carbonyl (C=O) groups excluding carboxylic acids is 3. The molecule has 0 aliphatic heterocycles. The molecule has 0 spiro atoms. The Morgan fingerprint density at radius 1 is 0.714 bits per heavy atom. The normalized spacial score (nSPS) is 12.8. The Hall–Kier alpha value is -2.12. The lowest BCUT2D eigenvalue weighted by molar-refractivity contribution is -0.144. The number of hydrogen-bond donors (Lipinski definition) is 4. The van der Waals surface area contributed by atoms with E-state index in [2.05, 4.69) is 17.6 Å². The fourth-order valence-electron chi connectivity index (χ4n) is 4.10. The number of carbonyl (C=O) groups is 4. The Balaban J connectivity index is 3.94. The maximum atomic E-state index is 12.5. The third-order valence-electron chi connectivity index (χ3n) is 6.29. The summed E-state index contributed by atoms with van der Waals surface area (Å²) in [6.07, 6.45) is 18.6. The van der Waals surface area contributed by atoms with Gasteiger partial charge in [-0.3, -0.25) is 14.4 Å². The summed E-state index contributed by atoms with van der Waals surface area (Å²) in [5.41, 5.74) is 5.05. The second-order valence-corrected chi connectivity index (χ2v) is 10.1. The molecule has 35 heavy (non-hydrogen) atoms. The van der Waals surface area contributed by atoms with Crippen LogP contribution in [0.15, 0.2) is 0 Å². The van der Waals surface area contributed by atoms with E-state index in [1.54, 1.807) is 13.8 Å². The SMILES string of the molecule is CCCCCCCCCCCCCCCCCC(=O)N[C@H](C(=O)N[C@@H](CC(N)=O)C(=O)O)C(C)C. The first kappa shape index (κ1) is 32.9. The molecule has 204 valence electrons. The van der Waals surface area contributed by atoms with E-state index in [1.165, 1.54) is 77.0 Å². The molecule has 2 atom stereocenters. The highest BCUT2D eigenvalue weighted by molar-refractivity contribution is 5.92. The smallest absolute Gasteiger partial charge is 0.326 e. The molecule has 0 radical (unpaired) electrons. The van der Waals surface area contributed by atoms with Crippen molar-refractivity contribution >= 4 is 23.7 Å². The molecule has 0 saturated heterocycles. The number of nitrogens with one attached hydrogen (secondary N) is 2. The largest absolute Gasteiger partial charge is 0.480 e. The van der Waals surface area contributed by atoms with E-state index in [0.29, 0.717) is 6.42 Å². The van der Waals surface area contributed by atoms with Crippen LogP contribution in [0.2, 0.25) is 0 Å². The van der Waals surface area contributed by atoms with Crippen molar-refractivity contribution in [2.24, 2.45) is 11.7 Å². The minimum Gasteiger partial charge on any atom is -0.480 e. The summed E-state index contributed by atoms with van der Waals surface area (Å²) in [6, 6.07) is -2.28. The van der Waals surface area contributed by atoms with Gasteiger partial charge in [-0.1, -0.05) is 111 Å². The van der Waals surface area contributed by atoms with Gasteiger partial charge < -0.3 is 21.5 Å². The molecule has 8 nitrogen and oxygen atoms in total. The van der Waals surface area contributed by atoms with Crippen molar-refractivity contribution in [3.63, 3.8) is 0 Å². The van der Waals surface area contributed by atoms with Crippen molar-refractivity contribution in [2.75, 3.05) is 0 Å². The topological polar surface area (TPSA) is 139 Å². The summed E-state index contributed by atoms with van der Waals surface area (Å²) in [5, 5.41) is 14.2. The predicted molar refractivity (Wildman–Crippen MR) is 140 cm³/mol. The predicted octanol–water partition coefficient (Wildman–Crippen LogP) is 4.83. The third kappa shape index (κ3) is 18.8. The minimum absolute atomic E-state index is 0.227. The molecular weight excluding hydrogens is 446 g/mol. The van der Waals surface area contributed by atoms with Gasteiger partial charge in [0, 0.05) is 6.42 Å². The summed E-state index contributed by atoms with van der Waals surface area (Å²) >= 11 is 0. The lowest BCUT2D eigenvalue weighted by Gasteiger charge is -2.23. The molecule has 0 bridgehead atoms. The molecule has 0 saturated carbocycles. The van der Waals surface area contributed by atoms with Gasteiger partial charge in [0.05, 0.1) is 6.42 Å². The van der Waals surface area contributed by atoms with Crippen LogP contribution in [0.5, 0.6) is 0 Å². The second-order valence-electron chi connectivity index (χ2n) is 10.1. The molecule has 0 aliphatic carbocycles. The molecule has 0 aromatic carbocycles. The lowest BCUT2D eigenvalue weighted by Crippen LogP contribution is -2.54. The first-order valence-corrected chi connectivity index (χ1v) is 13.8. The molecule has 0 unspecified atom stereocenters. The zero-order chi connectivity index (χ0) is 26.5. The lowest BCUT2D eigenvalue weighted by atomic mass is 10.0. The minimum atomic E-state index is -1.41. The highest BCUT2D eigenvalue weighted by atomic mass is 16.4. The zero-order valence-corrected chi connectivity index (χ0v) is 22.4. The van der Waals surface area contributed by atoms with E-state index >= 15 is 0 Å². The summed E-state index contributed by atoms with van der Waals surface area (Å²) in [7, 11) is 0. The molecule has 0 aromatic heterocycles. The van der Waals surface area contributed by atoms with Crippen molar-refractivity contribution in [2.45, 2.75) is 142 Å². The van der Waals surface area contributed by atoms with Gasteiger partial charge in [-0.05, 0) is 12.3 Å². The highest BCUT2D eigenvalue weighted by Crippen LogP contribution is 2.14. The molecule has 8 heteroatoms. The van der Waals surface area contributed by atoms with Crippen LogP contribution < -0.4 is 16.4 Å². The molecule has 0 aromatic rings. The standard InChI is InChI=1S/C27H51N3O5/c1-4-5-6-7-8-9-10-11-12-13-14-15-16-17-18-19-24(32)30-25(21(2)3)26(33)29-22(27(34)35)20-23(28)31/h21-22,25H,4-20H2,1-3H3,(H2,28,31)(H,29,33)(H,30,32)(H,34,35)/t22-,25-/m0/s1. The van der Waals surface area contributed by atoms with Crippen molar-refractivity contribution in [1.29, 1.82) is 0 Å². The molecule has 5 N–H and O–H groups in total. The molecule has 0 rings (SSSR count). The Morgan fingerprint density at radius 3 is 1.51 bits per heavy atom. The van der Waals surface area contributed by atoms with Crippen LogP contribution in [0.25, 0.3) is 0 Å². The van der Waals surface area contributed by atoms with E-state index in [0.717, 1.165) is 19.3 Å². The number of carboxylic acid groups (broad SMARTS) is 1. The number of aliphatic carboxylic acids is 1. The number of hydrogen-bond acceptors (Lipinski definition) is 4. The fraction of sp³-hybridized carbons (Fsp3) is 0.852. The molecule has 0 fully saturated rings. The third-order valence-corrected chi connectivity index (χ3v) is 6.29. The summed E-state index contributed by atoms with van der Waals surface area (Å²) in [6.45, 7) is 5.78. The van der Waals surface area contributed by atoms with Crippen LogP contribution >= 0.6 is 0 Å². The number of unbranched alkanes of at least 4 members (excludes halogenated alkanes) is 14. The summed E-state index contributed by atoms with van der Waals surface area (Å²) in [5.74, 6) is -3.25.